The fourth-order valence-electron chi connectivity index (χ4n) is 1.54. The van der Waals surface area contributed by atoms with Gasteiger partial charge in [-0.05, 0) is 12.8 Å². The Morgan fingerprint density at radius 2 is 2.50 bits per heavy atom. The van der Waals surface area contributed by atoms with Gasteiger partial charge in [-0.3, -0.25) is 9.13 Å². The molecule has 1 unspecified atom stereocenters. The van der Waals surface area contributed by atoms with Crippen molar-refractivity contribution in [3.05, 3.63) is 22.7 Å². The van der Waals surface area contributed by atoms with E-state index in [0.717, 1.165) is 0 Å². The molecule has 0 N–H and O–H groups in total. The Balaban J connectivity index is 2.05. The van der Waals surface area contributed by atoms with Crippen LogP contribution in [-0.4, -0.2) is 42.0 Å². The third kappa shape index (κ3) is 3.13. The van der Waals surface area contributed by atoms with Gasteiger partial charge in [0.05, 0.1) is 13.2 Å². The minimum atomic E-state index is -2.60. The van der Waals surface area contributed by atoms with E-state index in [-0.39, 0.29) is 24.9 Å². The number of hydrogen-bond donors (Lipinski definition) is 0. The van der Waals surface area contributed by atoms with Crippen LogP contribution in [-0.2, 0) is 20.4 Å². The Morgan fingerprint density at radius 3 is 3.06 bits per heavy atom. The van der Waals surface area contributed by atoms with Gasteiger partial charge < -0.3 is 9.26 Å². The first kappa shape index (κ1) is 13.1. The Labute approximate surface area is 104 Å². The second-order valence-electron chi connectivity index (χ2n) is 4.11. The van der Waals surface area contributed by atoms with Crippen LogP contribution in [0.4, 0.5) is 5.82 Å². The monoisotopic (exact) mass is 271 g/mol. The van der Waals surface area contributed by atoms with Crippen molar-refractivity contribution in [2.75, 3.05) is 19.6 Å². The average molecular weight is 271 g/mol. The third-order valence-electron chi connectivity index (χ3n) is 2.50. The maximum Gasteiger partial charge on any atom is 0.349 e. The van der Waals surface area contributed by atoms with Crippen molar-refractivity contribution in [3.8, 4) is 0 Å². The van der Waals surface area contributed by atoms with Gasteiger partial charge in [-0.25, -0.2) is 9.79 Å². The lowest BCUT2D eigenvalue weighted by atomic mass is 10.3. The predicted molar refractivity (Wildman–Crippen MR) is 66.9 cm³/mol. The molecule has 0 spiro atoms. The highest BCUT2D eigenvalue weighted by atomic mass is 31.2. The molecule has 2 atom stereocenters. The van der Waals surface area contributed by atoms with E-state index in [1.807, 2.05) is 0 Å². The Hall–Kier alpha value is -1.30. The van der Waals surface area contributed by atoms with E-state index in [0.29, 0.717) is 6.54 Å². The standard InChI is InChI=1S/C10H14N3O4P/c1-11-9-3-4-13(10(14)12-9)5-8-6-17-18(2,15)7-16-8/h3-4,8H,1,5-7H2,2H3/t8-,18?/m0/s1. The fourth-order valence-corrected chi connectivity index (χ4v) is 2.58. The molecular weight excluding hydrogens is 257 g/mol. The van der Waals surface area contributed by atoms with E-state index in [1.54, 1.807) is 12.3 Å². The van der Waals surface area contributed by atoms with Crippen molar-refractivity contribution >= 4 is 19.9 Å². The summed E-state index contributed by atoms with van der Waals surface area (Å²) in [7, 11) is -2.60. The van der Waals surface area contributed by atoms with E-state index in [4.69, 9.17) is 9.26 Å². The van der Waals surface area contributed by atoms with Gasteiger partial charge in [-0.2, -0.15) is 4.98 Å². The smallest absolute Gasteiger partial charge is 0.349 e. The molecule has 18 heavy (non-hydrogen) atoms. The molecule has 0 aliphatic carbocycles. The lowest BCUT2D eigenvalue weighted by molar-refractivity contribution is 0.00381. The topological polar surface area (TPSA) is 82.8 Å². The molecule has 2 rings (SSSR count). The van der Waals surface area contributed by atoms with Gasteiger partial charge in [0, 0.05) is 12.9 Å². The van der Waals surface area contributed by atoms with Crippen LogP contribution < -0.4 is 5.69 Å². The normalized spacial score (nSPS) is 27.9. The van der Waals surface area contributed by atoms with Crippen LogP contribution >= 0.6 is 7.37 Å². The minimum absolute atomic E-state index is 0.0755. The van der Waals surface area contributed by atoms with Gasteiger partial charge in [-0.1, -0.05) is 0 Å². The molecule has 1 aliphatic rings. The number of aromatic nitrogens is 2. The van der Waals surface area contributed by atoms with E-state index in [9.17, 15) is 9.36 Å². The van der Waals surface area contributed by atoms with Crippen LogP contribution in [0.1, 0.15) is 0 Å². The molecule has 1 aromatic heterocycles. The third-order valence-corrected chi connectivity index (χ3v) is 3.81. The van der Waals surface area contributed by atoms with Crippen molar-refractivity contribution in [1.29, 1.82) is 0 Å². The van der Waals surface area contributed by atoms with E-state index in [2.05, 4.69) is 16.7 Å². The summed E-state index contributed by atoms with van der Waals surface area (Å²) in [5, 5.41) is 0. The van der Waals surface area contributed by atoms with Crippen LogP contribution in [0.2, 0.25) is 0 Å². The van der Waals surface area contributed by atoms with Crippen molar-refractivity contribution in [1.82, 2.24) is 9.55 Å². The molecule has 8 heteroatoms. The average Bonchev–Trinajstić information content (AvgIpc) is 2.34. The number of aliphatic imine (C=N–C) groups is 1. The SMILES string of the molecule is C=Nc1ccn(C[C@H]2COP(C)(=O)CO2)c(=O)n1. The maximum absolute atomic E-state index is 11.6. The van der Waals surface area contributed by atoms with Crippen LogP contribution in [0.25, 0.3) is 0 Å². The first-order chi connectivity index (χ1) is 8.50. The molecule has 0 bridgehead atoms. The van der Waals surface area contributed by atoms with Crippen LogP contribution in [0.3, 0.4) is 0 Å². The zero-order chi connectivity index (χ0) is 13.2. The molecule has 0 saturated carbocycles. The number of hydrogen-bond acceptors (Lipinski definition) is 6. The summed E-state index contributed by atoms with van der Waals surface area (Å²) < 4.78 is 23.5. The quantitative estimate of drug-likeness (QED) is 0.601. The first-order valence-corrected chi connectivity index (χ1v) is 7.63. The second kappa shape index (κ2) is 5.14. The first-order valence-electron chi connectivity index (χ1n) is 5.37. The number of ether oxygens (including phenoxy) is 1. The molecule has 1 saturated heterocycles. The number of nitrogens with zero attached hydrogens (tertiary/aromatic N) is 3. The van der Waals surface area contributed by atoms with Crippen LogP contribution in [0.5, 0.6) is 0 Å². The van der Waals surface area contributed by atoms with Gasteiger partial charge in [0.25, 0.3) is 0 Å². The summed E-state index contributed by atoms with van der Waals surface area (Å²) in [5.74, 6) is 0.287. The lowest BCUT2D eigenvalue weighted by Gasteiger charge is -2.27. The molecule has 0 aromatic carbocycles. The van der Waals surface area contributed by atoms with Gasteiger partial charge in [0.15, 0.2) is 5.82 Å². The molecule has 7 nitrogen and oxygen atoms in total. The largest absolute Gasteiger partial charge is 0.364 e. The van der Waals surface area contributed by atoms with Crippen LogP contribution in [0, 0.1) is 0 Å². The zero-order valence-corrected chi connectivity index (χ0v) is 10.9. The highest BCUT2D eigenvalue weighted by molar-refractivity contribution is 7.58. The highest BCUT2D eigenvalue weighted by Gasteiger charge is 2.27. The Morgan fingerprint density at radius 1 is 1.72 bits per heavy atom. The molecule has 1 aliphatic heterocycles. The molecule has 2 heterocycles. The summed E-state index contributed by atoms with van der Waals surface area (Å²) in [4.78, 5) is 18.9. The number of rotatable bonds is 3. The molecule has 1 fully saturated rings. The summed E-state index contributed by atoms with van der Waals surface area (Å²) in [5.41, 5.74) is -0.422. The summed E-state index contributed by atoms with van der Waals surface area (Å²) >= 11 is 0. The van der Waals surface area contributed by atoms with Crippen LogP contribution in [0.15, 0.2) is 22.1 Å². The Kier molecular flexibility index (Phi) is 3.75. The van der Waals surface area contributed by atoms with Gasteiger partial charge in [0.2, 0.25) is 7.37 Å². The predicted octanol–water partition coefficient (Wildman–Crippen LogP) is 0.856. The molecule has 0 amide bonds. The maximum atomic E-state index is 11.6. The van der Waals surface area contributed by atoms with E-state index in [1.165, 1.54) is 11.2 Å². The Bertz CT molecular complexity index is 544. The highest BCUT2D eigenvalue weighted by Crippen LogP contribution is 2.45. The van der Waals surface area contributed by atoms with Gasteiger partial charge in [0.1, 0.15) is 12.5 Å². The molecule has 1 aromatic rings. The summed E-state index contributed by atoms with van der Waals surface area (Å²) in [6.45, 7) is 5.34. The molecule has 0 radical (unpaired) electrons. The minimum Gasteiger partial charge on any atom is -0.364 e. The zero-order valence-electron chi connectivity index (χ0n) is 9.98. The van der Waals surface area contributed by atoms with Gasteiger partial charge in [-0.15, -0.1) is 0 Å². The molecule has 98 valence electrons. The second-order valence-corrected chi connectivity index (χ2v) is 6.65. The molecular formula is C10H14N3O4P. The van der Waals surface area contributed by atoms with Crippen molar-refractivity contribution < 1.29 is 13.8 Å². The van der Waals surface area contributed by atoms with Gasteiger partial charge >= 0.3 is 5.69 Å². The van der Waals surface area contributed by atoms with Crippen molar-refractivity contribution in [2.45, 2.75) is 12.6 Å². The van der Waals surface area contributed by atoms with Crippen molar-refractivity contribution in [3.63, 3.8) is 0 Å². The van der Waals surface area contributed by atoms with E-state index >= 15 is 0 Å². The lowest BCUT2D eigenvalue weighted by Crippen LogP contribution is -2.34. The summed E-state index contributed by atoms with van der Waals surface area (Å²) in [6.07, 6.45) is 1.35. The fraction of sp³-hybridized carbons (Fsp3) is 0.500. The van der Waals surface area contributed by atoms with Crippen molar-refractivity contribution in [2.24, 2.45) is 4.99 Å². The summed E-state index contributed by atoms with van der Waals surface area (Å²) in [6, 6.07) is 1.59. The van der Waals surface area contributed by atoms with E-state index < -0.39 is 13.1 Å².